The van der Waals surface area contributed by atoms with Crippen LogP contribution in [0, 0.1) is 5.82 Å². The molecule has 1 N–H and O–H groups in total. The summed E-state index contributed by atoms with van der Waals surface area (Å²) in [7, 11) is 0. The number of halogens is 1. The molecule has 0 radical (unpaired) electrons. The minimum absolute atomic E-state index is 0.361. The minimum Gasteiger partial charge on any atom is -0.478 e. The summed E-state index contributed by atoms with van der Waals surface area (Å²) in [6, 6.07) is 5.39. The highest BCUT2D eigenvalue weighted by Crippen LogP contribution is 2.36. The van der Waals surface area contributed by atoms with Crippen molar-refractivity contribution in [3.05, 3.63) is 30.1 Å². The van der Waals surface area contributed by atoms with Crippen LogP contribution in [0.25, 0.3) is 0 Å². The molecule has 0 bridgehead atoms. The summed E-state index contributed by atoms with van der Waals surface area (Å²) >= 11 is 0. The Morgan fingerprint density at radius 3 is 2.33 bits per heavy atom. The lowest BCUT2D eigenvalue weighted by Crippen LogP contribution is -2.50. The average Bonchev–Trinajstić information content (AvgIpc) is 2.13. The van der Waals surface area contributed by atoms with E-state index in [1.54, 1.807) is 0 Å². The van der Waals surface area contributed by atoms with Gasteiger partial charge in [0.2, 0.25) is 5.60 Å². The summed E-state index contributed by atoms with van der Waals surface area (Å²) in [5, 5.41) is 9.00. The monoisotopic (exact) mass is 210 g/mol. The molecule has 1 aliphatic carbocycles. The Morgan fingerprint density at radius 2 is 1.93 bits per heavy atom. The Bertz CT molecular complexity index is 368. The van der Waals surface area contributed by atoms with E-state index in [2.05, 4.69) is 0 Å². The topological polar surface area (TPSA) is 46.5 Å². The van der Waals surface area contributed by atoms with E-state index in [4.69, 9.17) is 9.84 Å². The number of benzene rings is 1. The van der Waals surface area contributed by atoms with Crippen molar-refractivity contribution in [2.75, 3.05) is 0 Å². The van der Waals surface area contributed by atoms with Gasteiger partial charge in [-0.2, -0.15) is 0 Å². The molecule has 4 heteroatoms. The first-order valence-corrected chi connectivity index (χ1v) is 4.80. The first-order chi connectivity index (χ1) is 7.12. The summed E-state index contributed by atoms with van der Waals surface area (Å²) in [6.45, 7) is 0. The maximum atomic E-state index is 12.6. The number of carboxylic acid groups (broad SMARTS) is 1. The van der Waals surface area contributed by atoms with Crippen LogP contribution < -0.4 is 4.74 Å². The van der Waals surface area contributed by atoms with E-state index in [1.807, 2.05) is 0 Å². The summed E-state index contributed by atoms with van der Waals surface area (Å²) in [6.07, 6.45) is 1.88. The minimum atomic E-state index is -1.09. The van der Waals surface area contributed by atoms with Crippen LogP contribution in [-0.2, 0) is 4.79 Å². The van der Waals surface area contributed by atoms with Crippen molar-refractivity contribution in [2.45, 2.75) is 24.9 Å². The first kappa shape index (κ1) is 9.96. The van der Waals surface area contributed by atoms with Gasteiger partial charge in [-0.05, 0) is 43.5 Å². The molecular weight excluding hydrogens is 199 g/mol. The SMILES string of the molecule is O=C(O)C1(Oc2ccc(F)cc2)CCC1. The van der Waals surface area contributed by atoms with Crippen LogP contribution in [0.1, 0.15) is 19.3 Å². The predicted octanol–water partition coefficient (Wildman–Crippen LogP) is 2.21. The predicted molar refractivity (Wildman–Crippen MR) is 51.2 cm³/mol. The van der Waals surface area contributed by atoms with Crippen molar-refractivity contribution in [2.24, 2.45) is 0 Å². The highest BCUT2D eigenvalue weighted by atomic mass is 19.1. The third-order valence-electron chi connectivity index (χ3n) is 2.68. The smallest absolute Gasteiger partial charge is 0.348 e. The molecule has 0 saturated heterocycles. The standard InChI is InChI=1S/C11H11FO3/c12-8-2-4-9(5-3-8)15-11(10(13)14)6-1-7-11/h2-5H,1,6-7H2,(H,13,14). The Morgan fingerprint density at radius 1 is 1.33 bits per heavy atom. The van der Waals surface area contributed by atoms with Gasteiger partial charge in [0, 0.05) is 0 Å². The highest BCUT2D eigenvalue weighted by molar-refractivity contribution is 5.79. The molecule has 15 heavy (non-hydrogen) atoms. The summed E-state index contributed by atoms with van der Waals surface area (Å²) in [4.78, 5) is 11.0. The molecule has 2 rings (SSSR count). The summed E-state index contributed by atoms with van der Waals surface area (Å²) in [5.41, 5.74) is -1.09. The molecule has 1 aromatic rings. The van der Waals surface area contributed by atoms with E-state index in [0.717, 1.165) is 6.42 Å². The average molecular weight is 210 g/mol. The fourth-order valence-corrected chi connectivity index (χ4v) is 1.59. The Kier molecular flexibility index (Phi) is 2.34. The molecule has 0 atom stereocenters. The van der Waals surface area contributed by atoms with E-state index >= 15 is 0 Å². The second kappa shape index (κ2) is 3.53. The number of rotatable bonds is 3. The van der Waals surface area contributed by atoms with Gasteiger partial charge in [0.25, 0.3) is 0 Å². The van der Waals surface area contributed by atoms with Gasteiger partial charge < -0.3 is 9.84 Å². The van der Waals surface area contributed by atoms with Crippen molar-refractivity contribution >= 4 is 5.97 Å². The maximum Gasteiger partial charge on any atom is 0.348 e. The molecule has 0 unspecified atom stereocenters. The third kappa shape index (κ3) is 1.79. The number of ether oxygens (including phenoxy) is 1. The normalized spacial score (nSPS) is 17.9. The molecular formula is C11H11FO3. The fourth-order valence-electron chi connectivity index (χ4n) is 1.59. The molecule has 1 aliphatic rings. The van der Waals surface area contributed by atoms with Gasteiger partial charge in [-0.15, -0.1) is 0 Å². The quantitative estimate of drug-likeness (QED) is 0.831. The van der Waals surface area contributed by atoms with Gasteiger partial charge in [-0.1, -0.05) is 0 Å². The lowest BCUT2D eigenvalue weighted by Gasteiger charge is -2.37. The van der Waals surface area contributed by atoms with Crippen LogP contribution in [0.5, 0.6) is 5.75 Å². The van der Waals surface area contributed by atoms with Crippen molar-refractivity contribution in [3.8, 4) is 5.75 Å². The largest absolute Gasteiger partial charge is 0.478 e. The van der Waals surface area contributed by atoms with E-state index in [1.165, 1.54) is 24.3 Å². The van der Waals surface area contributed by atoms with Crippen molar-refractivity contribution < 1.29 is 19.0 Å². The van der Waals surface area contributed by atoms with Crippen LogP contribution in [-0.4, -0.2) is 16.7 Å². The van der Waals surface area contributed by atoms with Crippen LogP contribution in [0.15, 0.2) is 24.3 Å². The number of hydrogen-bond donors (Lipinski definition) is 1. The van der Waals surface area contributed by atoms with Crippen molar-refractivity contribution in [1.82, 2.24) is 0 Å². The third-order valence-corrected chi connectivity index (χ3v) is 2.68. The van der Waals surface area contributed by atoms with Gasteiger partial charge in [-0.3, -0.25) is 0 Å². The second-order valence-corrected chi connectivity index (χ2v) is 3.71. The lowest BCUT2D eigenvalue weighted by molar-refractivity contribution is -0.163. The highest BCUT2D eigenvalue weighted by Gasteiger charge is 2.47. The zero-order chi connectivity index (χ0) is 10.9. The van der Waals surface area contributed by atoms with Crippen LogP contribution in [0.3, 0.4) is 0 Å². The summed E-state index contributed by atoms with van der Waals surface area (Å²) < 4.78 is 18.0. The van der Waals surface area contributed by atoms with Crippen molar-refractivity contribution in [3.63, 3.8) is 0 Å². The van der Waals surface area contributed by atoms with E-state index in [9.17, 15) is 9.18 Å². The molecule has 3 nitrogen and oxygen atoms in total. The second-order valence-electron chi connectivity index (χ2n) is 3.71. The number of carboxylic acids is 1. The number of carbonyl (C=O) groups is 1. The van der Waals surface area contributed by atoms with Crippen molar-refractivity contribution in [1.29, 1.82) is 0 Å². The molecule has 80 valence electrons. The van der Waals surface area contributed by atoms with E-state index < -0.39 is 11.6 Å². The Labute approximate surface area is 86.5 Å². The first-order valence-electron chi connectivity index (χ1n) is 4.80. The van der Waals surface area contributed by atoms with Gasteiger partial charge in [0.05, 0.1) is 0 Å². The molecule has 0 spiro atoms. The molecule has 0 heterocycles. The van der Waals surface area contributed by atoms with E-state index in [-0.39, 0.29) is 5.82 Å². The molecule has 1 saturated carbocycles. The number of hydrogen-bond acceptors (Lipinski definition) is 2. The van der Waals surface area contributed by atoms with Gasteiger partial charge >= 0.3 is 5.97 Å². The maximum absolute atomic E-state index is 12.6. The summed E-state index contributed by atoms with van der Waals surface area (Å²) in [5.74, 6) is -0.906. The molecule has 0 amide bonds. The van der Waals surface area contributed by atoms with Gasteiger partial charge in [0.1, 0.15) is 11.6 Å². The zero-order valence-corrected chi connectivity index (χ0v) is 8.07. The lowest BCUT2D eigenvalue weighted by atomic mass is 9.80. The van der Waals surface area contributed by atoms with E-state index in [0.29, 0.717) is 18.6 Å². The molecule has 1 fully saturated rings. The molecule has 1 aromatic carbocycles. The van der Waals surface area contributed by atoms with Gasteiger partial charge in [0.15, 0.2) is 0 Å². The Hall–Kier alpha value is -1.58. The van der Waals surface area contributed by atoms with Crippen LogP contribution in [0.4, 0.5) is 4.39 Å². The Balaban J connectivity index is 2.13. The number of aliphatic carboxylic acids is 1. The van der Waals surface area contributed by atoms with Gasteiger partial charge in [-0.25, -0.2) is 9.18 Å². The fraction of sp³-hybridized carbons (Fsp3) is 0.364. The molecule has 0 aromatic heterocycles. The molecule has 0 aliphatic heterocycles. The van der Waals surface area contributed by atoms with Crippen LogP contribution >= 0.6 is 0 Å². The zero-order valence-electron chi connectivity index (χ0n) is 8.07. The van der Waals surface area contributed by atoms with Crippen LogP contribution in [0.2, 0.25) is 0 Å².